The number of benzene rings is 1. The maximum atomic E-state index is 13.8. The lowest BCUT2D eigenvalue weighted by molar-refractivity contribution is 0.0751. The van der Waals surface area contributed by atoms with Gasteiger partial charge >= 0.3 is 0 Å². The average molecular weight is 449 g/mol. The van der Waals surface area contributed by atoms with Crippen molar-refractivity contribution in [2.45, 2.75) is 20.4 Å². The van der Waals surface area contributed by atoms with Crippen LogP contribution in [0.25, 0.3) is 21.6 Å². The molecule has 5 rings (SSSR count). The highest BCUT2D eigenvalue weighted by molar-refractivity contribution is 7.13. The minimum absolute atomic E-state index is 0.0527. The van der Waals surface area contributed by atoms with Gasteiger partial charge in [0.1, 0.15) is 13.2 Å². The molecule has 0 saturated heterocycles. The van der Waals surface area contributed by atoms with Gasteiger partial charge in [-0.3, -0.25) is 9.48 Å². The van der Waals surface area contributed by atoms with Crippen molar-refractivity contribution in [1.29, 1.82) is 0 Å². The van der Waals surface area contributed by atoms with Gasteiger partial charge in [0.25, 0.3) is 5.91 Å². The summed E-state index contributed by atoms with van der Waals surface area (Å²) in [7, 11) is 1.86. The monoisotopic (exact) mass is 448 g/mol. The quantitative estimate of drug-likeness (QED) is 0.452. The van der Waals surface area contributed by atoms with Gasteiger partial charge in [-0.1, -0.05) is 18.2 Å². The van der Waals surface area contributed by atoms with Crippen LogP contribution in [-0.4, -0.2) is 45.3 Å². The number of carbonyl (C=O) groups is 1. The van der Waals surface area contributed by atoms with Crippen LogP contribution in [-0.2, 0) is 13.6 Å². The van der Waals surface area contributed by atoms with Gasteiger partial charge in [-0.2, -0.15) is 5.10 Å². The summed E-state index contributed by atoms with van der Waals surface area (Å²) in [5, 5.41) is 7.34. The number of para-hydroxylation sites is 1. The molecule has 0 bridgehead atoms. The van der Waals surface area contributed by atoms with E-state index in [4.69, 9.17) is 14.5 Å². The van der Waals surface area contributed by atoms with Crippen molar-refractivity contribution in [1.82, 2.24) is 19.7 Å². The Labute approximate surface area is 190 Å². The third kappa shape index (κ3) is 3.50. The number of aryl methyl sites for hydroxylation is 2. The minimum Gasteiger partial charge on any atom is -0.486 e. The normalized spacial score (nSPS) is 12.8. The van der Waals surface area contributed by atoms with Crippen LogP contribution in [0.3, 0.4) is 0 Å². The fourth-order valence-electron chi connectivity index (χ4n) is 4.13. The van der Waals surface area contributed by atoms with Gasteiger partial charge in [-0.15, -0.1) is 11.3 Å². The second-order valence-corrected chi connectivity index (χ2v) is 8.65. The summed E-state index contributed by atoms with van der Waals surface area (Å²) in [6.07, 6.45) is 0. The molecule has 7 nitrogen and oxygen atoms in total. The molecule has 0 aliphatic carbocycles. The molecule has 0 unspecified atom stereocenters. The van der Waals surface area contributed by atoms with Gasteiger partial charge < -0.3 is 14.4 Å². The van der Waals surface area contributed by atoms with E-state index in [1.54, 1.807) is 16.0 Å². The van der Waals surface area contributed by atoms with E-state index in [-0.39, 0.29) is 5.91 Å². The fourth-order valence-corrected chi connectivity index (χ4v) is 4.81. The Balaban J connectivity index is 1.58. The smallest absolute Gasteiger partial charge is 0.255 e. The van der Waals surface area contributed by atoms with E-state index in [1.165, 1.54) is 0 Å². The summed E-state index contributed by atoms with van der Waals surface area (Å²) in [6.45, 7) is 5.93. The average Bonchev–Trinajstić information content (AvgIpc) is 3.45. The van der Waals surface area contributed by atoms with E-state index in [0.717, 1.165) is 38.7 Å². The number of hydrogen-bond acceptors (Lipinski definition) is 6. The summed E-state index contributed by atoms with van der Waals surface area (Å²) >= 11 is 1.60. The molecule has 3 aromatic heterocycles. The molecule has 1 amide bonds. The van der Waals surface area contributed by atoms with Crippen molar-refractivity contribution < 1.29 is 14.3 Å². The van der Waals surface area contributed by atoms with E-state index < -0.39 is 0 Å². The van der Waals surface area contributed by atoms with Crippen molar-refractivity contribution in [3.63, 3.8) is 0 Å². The molecule has 4 heterocycles. The van der Waals surface area contributed by atoms with Crippen LogP contribution >= 0.6 is 11.3 Å². The Kier molecular flexibility index (Phi) is 5.30. The molecule has 0 N–H and O–H groups in total. The van der Waals surface area contributed by atoms with Crippen LogP contribution in [0.1, 0.15) is 28.5 Å². The first-order valence-electron chi connectivity index (χ1n) is 10.6. The molecule has 0 fully saturated rings. The summed E-state index contributed by atoms with van der Waals surface area (Å²) in [6, 6.07) is 11.7. The molecule has 32 heavy (non-hydrogen) atoms. The number of hydrogen-bond donors (Lipinski definition) is 0. The number of aromatic nitrogens is 3. The largest absolute Gasteiger partial charge is 0.486 e. The van der Waals surface area contributed by atoms with E-state index in [2.05, 4.69) is 5.10 Å². The highest BCUT2D eigenvalue weighted by Gasteiger charge is 2.25. The lowest BCUT2D eigenvalue weighted by Crippen LogP contribution is -2.31. The Bertz CT molecular complexity index is 1300. The number of thiophene rings is 1. The molecular formula is C24H24N4O3S. The van der Waals surface area contributed by atoms with Crippen molar-refractivity contribution in [2.24, 2.45) is 7.05 Å². The molecule has 1 aromatic carbocycles. The zero-order valence-electron chi connectivity index (χ0n) is 18.3. The van der Waals surface area contributed by atoms with Gasteiger partial charge in [0.15, 0.2) is 17.1 Å². The van der Waals surface area contributed by atoms with E-state index in [9.17, 15) is 4.79 Å². The SMILES string of the molecule is CCN(Cc1cccc2c1OCCO2)C(=O)c1cc(-c2cccs2)nc2c1c(C)nn2C. The second-order valence-electron chi connectivity index (χ2n) is 7.70. The van der Waals surface area contributed by atoms with Crippen LogP contribution in [0.2, 0.25) is 0 Å². The number of pyridine rings is 1. The zero-order valence-corrected chi connectivity index (χ0v) is 19.1. The van der Waals surface area contributed by atoms with E-state index in [0.29, 0.717) is 37.5 Å². The molecule has 164 valence electrons. The molecule has 4 aromatic rings. The predicted octanol–water partition coefficient (Wildman–Crippen LogP) is 4.44. The fraction of sp³-hybridized carbons (Fsp3) is 0.292. The Morgan fingerprint density at radius 2 is 2.06 bits per heavy atom. The van der Waals surface area contributed by atoms with Crippen LogP contribution in [0.5, 0.6) is 11.5 Å². The van der Waals surface area contributed by atoms with Gasteiger partial charge in [0.2, 0.25) is 0 Å². The first kappa shape index (κ1) is 20.5. The summed E-state index contributed by atoms with van der Waals surface area (Å²) in [5.41, 5.74) is 3.84. The maximum absolute atomic E-state index is 13.8. The Hall–Kier alpha value is -3.39. The topological polar surface area (TPSA) is 69.5 Å². The maximum Gasteiger partial charge on any atom is 0.255 e. The zero-order chi connectivity index (χ0) is 22.2. The number of ether oxygens (including phenoxy) is 2. The van der Waals surface area contributed by atoms with Crippen molar-refractivity contribution in [3.8, 4) is 22.1 Å². The molecule has 0 spiro atoms. The molecule has 1 aliphatic rings. The lowest BCUT2D eigenvalue weighted by Gasteiger charge is -2.25. The van der Waals surface area contributed by atoms with Gasteiger partial charge in [0, 0.05) is 25.7 Å². The first-order chi connectivity index (χ1) is 15.6. The molecule has 0 radical (unpaired) electrons. The number of nitrogens with zero attached hydrogens (tertiary/aromatic N) is 4. The van der Waals surface area contributed by atoms with Crippen molar-refractivity contribution in [2.75, 3.05) is 19.8 Å². The van der Waals surface area contributed by atoms with Crippen LogP contribution < -0.4 is 9.47 Å². The molecule has 0 saturated carbocycles. The standard InChI is InChI=1S/C24H24N4O3S/c1-4-28(14-16-7-5-8-19-22(16)31-11-10-30-19)24(29)17-13-18(20-9-6-12-32-20)25-23-21(17)15(2)26-27(23)3/h5-9,12-13H,4,10-11,14H2,1-3H3. The minimum atomic E-state index is -0.0527. The summed E-state index contributed by atoms with van der Waals surface area (Å²) in [5.74, 6) is 1.40. The predicted molar refractivity (Wildman–Crippen MR) is 124 cm³/mol. The lowest BCUT2D eigenvalue weighted by atomic mass is 10.1. The number of fused-ring (bicyclic) bond motifs is 2. The van der Waals surface area contributed by atoms with Gasteiger partial charge in [0.05, 0.1) is 27.2 Å². The Morgan fingerprint density at radius 3 is 2.84 bits per heavy atom. The second kappa shape index (κ2) is 8.27. The number of rotatable bonds is 5. The van der Waals surface area contributed by atoms with Crippen LogP contribution in [0.4, 0.5) is 0 Å². The molecule has 0 atom stereocenters. The molecule has 8 heteroatoms. The third-order valence-electron chi connectivity index (χ3n) is 5.65. The first-order valence-corrected chi connectivity index (χ1v) is 11.5. The van der Waals surface area contributed by atoms with E-state index in [1.807, 2.05) is 67.6 Å². The molecular weight excluding hydrogens is 424 g/mol. The molecule has 1 aliphatic heterocycles. The number of carbonyl (C=O) groups excluding carboxylic acids is 1. The number of amides is 1. The highest BCUT2D eigenvalue weighted by Crippen LogP contribution is 2.35. The van der Waals surface area contributed by atoms with Crippen LogP contribution in [0.15, 0.2) is 41.8 Å². The third-order valence-corrected chi connectivity index (χ3v) is 6.54. The van der Waals surface area contributed by atoms with Gasteiger partial charge in [-0.25, -0.2) is 4.98 Å². The van der Waals surface area contributed by atoms with Crippen molar-refractivity contribution in [3.05, 3.63) is 58.6 Å². The summed E-state index contributed by atoms with van der Waals surface area (Å²) in [4.78, 5) is 21.5. The highest BCUT2D eigenvalue weighted by atomic mass is 32.1. The van der Waals surface area contributed by atoms with E-state index >= 15 is 0 Å². The van der Waals surface area contributed by atoms with Crippen LogP contribution in [0, 0.1) is 6.92 Å². The summed E-state index contributed by atoms with van der Waals surface area (Å²) < 4.78 is 13.3. The van der Waals surface area contributed by atoms with Crippen molar-refractivity contribution >= 4 is 28.3 Å². The Morgan fingerprint density at radius 1 is 1.22 bits per heavy atom. The van der Waals surface area contributed by atoms with Gasteiger partial charge in [-0.05, 0) is 37.4 Å².